The Bertz CT molecular complexity index is 92.6. The van der Waals surface area contributed by atoms with Crippen molar-refractivity contribution in [1.29, 1.82) is 0 Å². The molecule has 0 aromatic heterocycles. The molecule has 0 unspecified atom stereocenters. The fourth-order valence-electron chi connectivity index (χ4n) is 0.904. The molecule has 1 rings (SSSR count). The van der Waals surface area contributed by atoms with Gasteiger partial charge in [-0.1, -0.05) is 6.42 Å². The molecule has 3 N–H and O–H groups in total. The molecule has 0 aliphatic carbocycles. The van der Waals surface area contributed by atoms with Crippen molar-refractivity contribution < 1.29 is 32.9 Å². The Balaban J connectivity index is 0. The number of rotatable bonds is 0. The molecule has 0 aromatic carbocycles. The molecule has 1 aliphatic rings. The van der Waals surface area contributed by atoms with Crippen molar-refractivity contribution in [3.63, 3.8) is 0 Å². The summed E-state index contributed by atoms with van der Waals surface area (Å²) in [7, 11) is 0. The minimum absolute atomic E-state index is 0. The third-order valence-corrected chi connectivity index (χ3v) is 1.40. The number of hydrogen-bond donors (Lipinski definition) is 2. The van der Waals surface area contributed by atoms with E-state index in [1.807, 2.05) is 0 Å². The minimum atomic E-state index is 0. The summed E-state index contributed by atoms with van der Waals surface area (Å²) in [5, 5.41) is 2.81. The van der Waals surface area contributed by atoms with Crippen LogP contribution >= 0.6 is 0 Å². The Hall–Kier alpha value is 0.214. The van der Waals surface area contributed by atoms with Gasteiger partial charge in [0, 0.05) is 13.0 Å². The van der Waals surface area contributed by atoms with Crippen LogP contribution < -0.4 is 22.5 Å². The van der Waals surface area contributed by atoms with Crippen LogP contribution in [0.15, 0.2) is 0 Å². The molecule has 5 heteroatoms. The zero-order valence-corrected chi connectivity index (χ0v) is 7.96. The van der Waals surface area contributed by atoms with Crippen molar-refractivity contribution in [2.75, 3.05) is 6.54 Å². The number of carbonyl (C=O) groups excluding carboxylic acids is 1. The predicted molar refractivity (Wildman–Crippen MR) is 35.7 cm³/mol. The van der Waals surface area contributed by atoms with Crippen molar-refractivity contribution in [1.82, 2.24) is 5.32 Å². The zero-order chi connectivity index (χ0) is 7.82. The van der Waals surface area contributed by atoms with Crippen LogP contribution in [-0.2, 0) is 20.5 Å². The first-order valence-corrected chi connectivity index (χ1v) is 3.91. The van der Waals surface area contributed by atoms with E-state index in [0.29, 0.717) is 0 Å². The molecule has 1 saturated heterocycles. The molecular formula is C6H13ClN2NiO. The molecule has 1 aliphatic heterocycles. The van der Waals surface area contributed by atoms with Crippen LogP contribution in [0.5, 0.6) is 0 Å². The van der Waals surface area contributed by atoms with Crippen LogP contribution in [0.25, 0.3) is 0 Å². The monoisotopic (exact) mass is 222 g/mol. The summed E-state index contributed by atoms with van der Waals surface area (Å²) in [5.74, 6) is 0.225. The summed E-state index contributed by atoms with van der Waals surface area (Å²) in [4.78, 5) is 14.7. The molecule has 0 aromatic rings. The number of amides is 1. The van der Waals surface area contributed by atoms with Crippen molar-refractivity contribution in [2.45, 2.75) is 25.7 Å². The van der Waals surface area contributed by atoms with Crippen molar-refractivity contribution >= 4 is 5.91 Å². The van der Waals surface area contributed by atoms with Gasteiger partial charge in [-0.2, -0.15) is 0 Å². The second kappa shape index (κ2) is 10.2. The molecule has 1 heterocycles. The molecule has 0 atom stereocenters. The third kappa shape index (κ3) is 8.12. The zero-order valence-electron chi connectivity index (χ0n) is 6.22. The molecule has 0 radical (unpaired) electrons. The number of nitrogens with one attached hydrogen (secondary N) is 1. The molecule has 3 nitrogen and oxygen atoms in total. The van der Waals surface area contributed by atoms with Crippen LogP contribution in [0.2, 0.25) is 0 Å². The Morgan fingerprint density at radius 3 is 2.55 bits per heavy atom. The van der Waals surface area contributed by atoms with Gasteiger partial charge in [0.2, 0.25) is 5.91 Å². The second-order valence-electron chi connectivity index (χ2n) is 2.16. The first-order chi connectivity index (χ1) is 4.89. The molecule has 11 heavy (non-hydrogen) atoms. The third-order valence-electron chi connectivity index (χ3n) is 1.40. The van der Waals surface area contributed by atoms with E-state index in [1.54, 1.807) is 0 Å². The molecule has 1 amide bonds. The van der Waals surface area contributed by atoms with Crippen LogP contribution in [0.1, 0.15) is 25.7 Å². The summed E-state index contributed by atoms with van der Waals surface area (Å²) in [6.07, 6.45) is 4.18. The van der Waals surface area contributed by atoms with Gasteiger partial charge >= 0.3 is 20.5 Å². The van der Waals surface area contributed by atoms with Crippen LogP contribution in [0.4, 0.5) is 0 Å². The van der Waals surface area contributed by atoms with Crippen molar-refractivity contribution in [3.8, 4) is 0 Å². The van der Waals surface area contributed by atoms with E-state index in [9.17, 15) is 4.79 Å². The van der Waals surface area contributed by atoms with Gasteiger partial charge in [0.1, 0.15) is 0 Å². The number of hydrogen-bond acceptors (Lipinski definition) is 2. The molecule has 70 valence electrons. The van der Waals surface area contributed by atoms with E-state index in [4.69, 9.17) is 0 Å². The van der Waals surface area contributed by atoms with Gasteiger partial charge in [0.25, 0.3) is 0 Å². The quantitative estimate of drug-likeness (QED) is 0.433. The molecular weight excluding hydrogens is 210 g/mol. The van der Waals surface area contributed by atoms with E-state index >= 15 is 0 Å². The summed E-state index contributed by atoms with van der Waals surface area (Å²) in [5.41, 5.74) is 0. The van der Waals surface area contributed by atoms with Crippen LogP contribution in [0.3, 0.4) is 0 Å². The Labute approximate surface area is 81.5 Å². The topological polar surface area (TPSA) is 55.1 Å². The second-order valence-corrected chi connectivity index (χ2v) is 2.16. The van der Waals surface area contributed by atoms with Gasteiger partial charge in [-0.15, -0.1) is 0 Å². The summed E-state index contributed by atoms with van der Waals surface area (Å²) in [6, 6.07) is 0. The maximum atomic E-state index is 10.6. The summed E-state index contributed by atoms with van der Waals surface area (Å²) >= 11 is 3.38. The fourth-order valence-corrected chi connectivity index (χ4v) is 0.904. The van der Waals surface area contributed by atoms with Gasteiger partial charge < -0.3 is 17.7 Å². The van der Waals surface area contributed by atoms with Gasteiger partial charge in [-0.25, -0.2) is 0 Å². The van der Waals surface area contributed by atoms with Gasteiger partial charge in [-0.05, 0) is 12.8 Å². The van der Waals surface area contributed by atoms with E-state index in [1.165, 1.54) is 6.42 Å². The Kier molecular flexibility index (Phi) is 12.8. The first-order valence-electron chi connectivity index (χ1n) is 3.34. The first kappa shape index (κ1) is 13.8. The van der Waals surface area contributed by atoms with E-state index < -0.39 is 0 Å². The van der Waals surface area contributed by atoms with Crippen LogP contribution in [0, 0.1) is 0 Å². The van der Waals surface area contributed by atoms with E-state index in [-0.39, 0.29) is 18.3 Å². The average molecular weight is 223 g/mol. The van der Waals surface area contributed by atoms with Crippen molar-refractivity contribution in [3.05, 3.63) is 0 Å². The number of nitrogens with two attached hydrogens (primary N) is 1. The summed E-state index contributed by atoms with van der Waals surface area (Å²) in [6.45, 7) is 0.888. The fraction of sp³-hybridized carbons (Fsp3) is 0.833. The average Bonchev–Trinajstić information content (AvgIpc) is 2.21. The number of carbonyl (C=O) groups is 1. The van der Waals surface area contributed by atoms with Crippen molar-refractivity contribution in [2.24, 2.45) is 4.81 Å². The number of halogens is 1. The van der Waals surface area contributed by atoms with Gasteiger partial charge in [0.15, 0.2) is 0 Å². The standard InChI is InChI=1S/C6H11NO.ClH.H2N.Ni/c8-6-4-2-1-3-5-7-6;;;/h1-5H2,(H,7,8);1H;1H2;/q;;-1;+2/p-1. The van der Waals surface area contributed by atoms with Crippen LogP contribution in [-0.4, -0.2) is 12.5 Å². The Morgan fingerprint density at radius 2 is 1.91 bits per heavy atom. The summed E-state index contributed by atoms with van der Waals surface area (Å²) < 4.78 is 0. The SMILES string of the molecule is O=C1CCCCCN1.[Cl-].[NH2][Ni+]. The molecule has 0 saturated carbocycles. The molecule has 0 bridgehead atoms. The van der Waals surface area contributed by atoms with Gasteiger partial charge in [0.05, 0.1) is 0 Å². The maximum absolute atomic E-state index is 10.6. The van der Waals surface area contributed by atoms with Gasteiger partial charge in [-0.3, -0.25) is 4.79 Å². The van der Waals surface area contributed by atoms with E-state index in [0.717, 1.165) is 25.8 Å². The predicted octanol–water partition coefficient (Wildman–Crippen LogP) is -2.91. The molecule has 0 spiro atoms. The Morgan fingerprint density at radius 1 is 1.27 bits per heavy atom. The molecule has 1 fully saturated rings. The van der Waals surface area contributed by atoms with E-state index in [2.05, 4.69) is 25.8 Å². The normalized spacial score (nSPS) is 16.5.